The maximum Gasteiger partial charge on any atom is 0.352 e. The minimum atomic E-state index is -1.10. The van der Waals surface area contributed by atoms with E-state index in [1.54, 1.807) is 24.3 Å². The molecule has 1 saturated heterocycles. The maximum atomic E-state index is 12.5. The van der Waals surface area contributed by atoms with Crippen molar-refractivity contribution in [3.05, 3.63) is 41.1 Å². The maximum absolute atomic E-state index is 12.5. The molecule has 1 unspecified atom stereocenters. The Morgan fingerprint density at radius 1 is 1.42 bits per heavy atom. The highest BCUT2D eigenvalue weighted by Gasteiger charge is 2.54. The van der Waals surface area contributed by atoms with Crippen LogP contribution in [0.2, 0.25) is 0 Å². The van der Waals surface area contributed by atoms with Crippen LogP contribution in [0.3, 0.4) is 0 Å². The molecule has 0 spiro atoms. The molecule has 1 fully saturated rings. The number of carboxylic acids is 1. The molecule has 0 radical (unpaired) electrons. The fraction of sp³-hybridized carbons (Fsp3) is 0.353. The van der Waals surface area contributed by atoms with Gasteiger partial charge in [-0.25, -0.2) is 4.79 Å². The van der Waals surface area contributed by atoms with Gasteiger partial charge in [0.25, 0.3) is 5.91 Å². The van der Waals surface area contributed by atoms with Crippen LogP contribution in [0.1, 0.15) is 5.56 Å². The summed E-state index contributed by atoms with van der Waals surface area (Å²) in [5.41, 5.74) is 7.86. The number of aliphatic carboxylic acids is 1. The van der Waals surface area contributed by atoms with Crippen molar-refractivity contribution in [3.63, 3.8) is 0 Å². The summed E-state index contributed by atoms with van der Waals surface area (Å²) < 4.78 is 0. The molecule has 7 nitrogen and oxygen atoms in total. The Hall–Kier alpha value is -2.13. The second kappa shape index (κ2) is 7.63. The van der Waals surface area contributed by atoms with Crippen LogP contribution in [-0.4, -0.2) is 57.0 Å². The van der Waals surface area contributed by atoms with E-state index in [2.05, 4.69) is 5.32 Å². The number of β-lactam (4-membered cyclic amide) rings is 1. The van der Waals surface area contributed by atoms with Gasteiger partial charge in [0, 0.05) is 17.2 Å². The molecule has 2 heterocycles. The van der Waals surface area contributed by atoms with E-state index in [0.29, 0.717) is 22.8 Å². The summed E-state index contributed by atoms with van der Waals surface area (Å²) in [6, 6.07) is 6.35. The molecule has 1 aromatic rings. The number of nitrogens with one attached hydrogen (secondary N) is 1. The van der Waals surface area contributed by atoms with Crippen molar-refractivity contribution >= 4 is 47.0 Å². The molecule has 4 N–H and O–H groups in total. The summed E-state index contributed by atoms with van der Waals surface area (Å²) in [5, 5.41) is 11.8. The van der Waals surface area contributed by atoms with Gasteiger partial charge in [-0.1, -0.05) is 18.2 Å². The fourth-order valence-corrected chi connectivity index (χ4v) is 5.12. The third kappa shape index (κ3) is 3.41. The normalized spacial score (nSPS) is 21.9. The first-order valence-electron chi connectivity index (χ1n) is 7.95. The molecule has 26 heavy (non-hydrogen) atoms. The van der Waals surface area contributed by atoms with Gasteiger partial charge in [0.2, 0.25) is 5.91 Å². The molecule has 0 aliphatic carbocycles. The molecule has 3 rings (SSSR count). The SMILES string of the molecule is CSCC1=C(C(=O)O)N2C(=O)C(NC(=O)Cc3ccccc3N)[C@H]2SC1. The zero-order valence-corrected chi connectivity index (χ0v) is 15.7. The molecule has 0 saturated carbocycles. The fourth-order valence-electron chi connectivity index (χ4n) is 3.06. The van der Waals surface area contributed by atoms with E-state index in [4.69, 9.17) is 5.73 Å². The second-order valence-corrected chi connectivity index (χ2v) is 7.99. The number of nitrogens with zero attached hydrogens (tertiary/aromatic N) is 1. The average molecular weight is 393 g/mol. The number of hydrogen-bond donors (Lipinski definition) is 3. The van der Waals surface area contributed by atoms with Crippen molar-refractivity contribution in [2.24, 2.45) is 0 Å². The van der Waals surface area contributed by atoms with Gasteiger partial charge < -0.3 is 16.2 Å². The highest BCUT2D eigenvalue weighted by molar-refractivity contribution is 8.00. The zero-order chi connectivity index (χ0) is 18.8. The lowest BCUT2D eigenvalue weighted by molar-refractivity contribution is -0.150. The number of benzene rings is 1. The van der Waals surface area contributed by atoms with Gasteiger partial charge in [0.1, 0.15) is 17.1 Å². The highest BCUT2D eigenvalue weighted by Crippen LogP contribution is 2.40. The quantitative estimate of drug-likeness (QED) is 0.486. The monoisotopic (exact) mass is 393 g/mol. The van der Waals surface area contributed by atoms with Gasteiger partial charge in [0.05, 0.1) is 6.42 Å². The molecule has 2 amide bonds. The van der Waals surface area contributed by atoms with E-state index in [0.717, 1.165) is 5.57 Å². The number of nitrogen functional groups attached to an aromatic ring is 1. The van der Waals surface area contributed by atoms with Crippen LogP contribution in [0.25, 0.3) is 0 Å². The Morgan fingerprint density at radius 3 is 2.81 bits per heavy atom. The Morgan fingerprint density at radius 2 is 2.15 bits per heavy atom. The summed E-state index contributed by atoms with van der Waals surface area (Å²) in [6.07, 6.45) is 1.96. The van der Waals surface area contributed by atoms with Crippen LogP contribution >= 0.6 is 23.5 Å². The largest absolute Gasteiger partial charge is 0.477 e. The van der Waals surface area contributed by atoms with E-state index in [1.807, 2.05) is 6.26 Å². The standard InChI is InChI=1S/C17H19N3O4S2/c1-25-7-10-8-26-16-13(15(22)20(16)14(10)17(23)24)19-12(21)6-9-4-2-3-5-11(9)18/h2-5,13,16H,6-8,18H2,1H3,(H,19,21)(H,23,24)/t13?,16-/m1/s1. The number of para-hydroxylation sites is 1. The van der Waals surface area contributed by atoms with Crippen molar-refractivity contribution in [1.29, 1.82) is 0 Å². The van der Waals surface area contributed by atoms with E-state index < -0.39 is 12.0 Å². The van der Waals surface area contributed by atoms with Crippen molar-refractivity contribution in [1.82, 2.24) is 10.2 Å². The van der Waals surface area contributed by atoms with Gasteiger partial charge in [-0.2, -0.15) is 11.8 Å². The number of carbonyl (C=O) groups excluding carboxylic acids is 2. The number of rotatable bonds is 6. The smallest absolute Gasteiger partial charge is 0.352 e. The van der Waals surface area contributed by atoms with Gasteiger partial charge >= 0.3 is 5.97 Å². The van der Waals surface area contributed by atoms with Crippen LogP contribution in [-0.2, 0) is 20.8 Å². The minimum Gasteiger partial charge on any atom is -0.477 e. The Kier molecular flexibility index (Phi) is 5.47. The molecule has 0 bridgehead atoms. The molecule has 138 valence electrons. The van der Waals surface area contributed by atoms with Crippen LogP contribution in [0, 0.1) is 0 Å². The number of carboxylic acid groups (broad SMARTS) is 1. The van der Waals surface area contributed by atoms with E-state index in [-0.39, 0.29) is 29.3 Å². The number of anilines is 1. The predicted octanol–water partition coefficient (Wildman–Crippen LogP) is 0.913. The first-order chi connectivity index (χ1) is 12.4. The van der Waals surface area contributed by atoms with Crippen molar-refractivity contribution in [3.8, 4) is 0 Å². The number of amides is 2. The van der Waals surface area contributed by atoms with Gasteiger partial charge in [-0.05, 0) is 23.5 Å². The predicted molar refractivity (Wildman–Crippen MR) is 103 cm³/mol. The van der Waals surface area contributed by atoms with Crippen LogP contribution in [0.15, 0.2) is 35.5 Å². The molecule has 9 heteroatoms. The Bertz CT molecular complexity index is 796. The van der Waals surface area contributed by atoms with Crippen molar-refractivity contribution < 1.29 is 19.5 Å². The third-order valence-electron chi connectivity index (χ3n) is 4.29. The molecule has 0 aromatic heterocycles. The Labute approximate surface area is 159 Å². The Balaban J connectivity index is 1.70. The molecular formula is C17H19N3O4S2. The number of nitrogens with two attached hydrogens (primary N) is 1. The van der Waals surface area contributed by atoms with Gasteiger partial charge in [-0.15, -0.1) is 11.8 Å². The van der Waals surface area contributed by atoms with Crippen LogP contribution in [0.4, 0.5) is 5.69 Å². The number of carbonyl (C=O) groups is 3. The molecule has 2 atom stereocenters. The second-order valence-electron chi connectivity index (χ2n) is 6.02. The molecule has 1 aromatic carbocycles. The minimum absolute atomic E-state index is 0.0610. The van der Waals surface area contributed by atoms with E-state index in [9.17, 15) is 19.5 Å². The summed E-state index contributed by atoms with van der Waals surface area (Å²) in [7, 11) is 0. The van der Waals surface area contributed by atoms with Gasteiger partial charge in [0.15, 0.2) is 0 Å². The molecular weight excluding hydrogens is 374 g/mol. The van der Waals surface area contributed by atoms with Crippen molar-refractivity contribution in [2.75, 3.05) is 23.5 Å². The first-order valence-corrected chi connectivity index (χ1v) is 10.4. The first kappa shape index (κ1) is 18.7. The van der Waals surface area contributed by atoms with Crippen LogP contribution < -0.4 is 11.1 Å². The average Bonchev–Trinajstić information content (AvgIpc) is 2.61. The lowest BCUT2D eigenvalue weighted by atomic mass is 10.0. The van der Waals surface area contributed by atoms with Gasteiger partial charge in [-0.3, -0.25) is 14.5 Å². The van der Waals surface area contributed by atoms with E-state index in [1.165, 1.54) is 28.4 Å². The topological polar surface area (TPSA) is 113 Å². The summed E-state index contributed by atoms with van der Waals surface area (Å²) >= 11 is 2.99. The molecule has 2 aliphatic rings. The highest BCUT2D eigenvalue weighted by atomic mass is 32.2. The zero-order valence-electron chi connectivity index (χ0n) is 14.1. The van der Waals surface area contributed by atoms with E-state index >= 15 is 0 Å². The number of fused-ring (bicyclic) bond motifs is 1. The summed E-state index contributed by atoms with van der Waals surface area (Å²) in [4.78, 5) is 37.7. The lowest BCUT2D eigenvalue weighted by Crippen LogP contribution is -2.70. The molecule has 2 aliphatic heterocycles. The number of thioether (sulfide) groups is 2. The third-order valence-corrected chi connectivity index (χ3v) is 6.27. The summed E-state index contributed by atoms with van der Waals surface area (Å²) in [6.45, 7) is 0. The van der Waals surface area contributed by atoms with Crippen molar-refractivity contribution in [2.45, 2.75) is 17.8 Å². The number of hydrogen-bond acceptors (Lipinski definition) is 6. The summed E-state index contributed by atoms with van der Waals surface area (Å²) in [5.74, 6) is -0.691. The lowest BCUT2D eigenvalue weighted by Gasteiger charge is -2.49. The van der Waals surface area contributed by atoms with Crippen LogP contribution in [0.5, 0.6) is 0 Å².